The third-order valence-electron chi connectivity index (χ3n) is 4.85. The maximum atomic E-state index is 12.9. The minimum absolute atomic E-state index is 0.151. The third-order valence-corrected chi connectivity index (χ3v) is 4.85. The molecule has 3 N–H and O–H groups in total. The lowest BCUT2D eigenvalue weighted by Gasteiger charge is -2.21. The molecule has 0 aliphatic heterocycles. The van der Waals surface area contributed by atoms with Gasteiger partial charge in [-0.25, -0.2) is 0 Å². The summed E-state index contributed by atoms with van der Waals surface area (Å²) in [4.78, 5) is 32.9. The number of rotatable bonds is 8. The molecule has 2 atom stereocenters. The highest BCUT2D eigenvalue weighted by atomic mass is 16.5. The lowest BCUT2D eigenvalue weighted by atomic mass is 10.0. The Morgan fingerprint density at radius 1 is 1.23 bits per heavy atom. The van der Waals surface area contributed by atoms with E-state index >= 15 is 0 Å². The molecular formula is C23H25N5O3. The number of H-pyrrole nitrogens is 1. The SMILES string of the molecule is COc1cccc2[nH]c(C(=O)N[C@@H](CC(C)C)C(=O)N[C@H](C#N)c3cccnc3)cc12. The second-order valence-electron chi connectivity index (χ2n) is 7.62. The number of benzene rings is 1. The van der Waals surface area contributed by atoms with Crippen LogP contribution < -0.4 is 15.4 Å². The quantitative estimate of drug-likeness (QED) is 0.518. The Labute approximate surface area is 180 Å². The van der Waals surface area contributed by atoms with Crippen LogP contribution in [-0.4, -0.2) is 34.9 Å². The van der Waals surface area contributed by atoms with E-state index in [0.29, 0.717) is 23.4 Å². The molecule has 8 heteroatoms. The van der Waals surface area contributed by atoms with Gasteiger partial charge < -0.3 is 20.4 Å². The van der Waals surface area contributed by atoms with Gasteiger partial charge in [-0.1, -0.05) is 26.0 Å². The van der Waals surface area contributed by atoms with Gasteiger partial charge in [-0.2, -0.15) is 5.26 Å². The van der Waals surface area contributed by atoms with Gasteiger partial charge in [0.05, 0.1) is 13.2 Å². The van der Waals surface area contributed by atoms with Crippen molar-refractivity contribution in [3.63, 3.8) is 0 Å². The average Bonchev–Trinajstić information content (AvgIpc) is 3.21. The second-order valence-corrected chi connectivity index (χ2v) is 7.62. The Balaban J connectivity index is 1.78. The molecule has 0 aliphatic carbocycles. The van der Waals surface area contributed by atoms with Crippen LogP contribution in [0, 0.1) is 17.2 Å². The van der Waals surface area contributed by atoms with Crippen molar-refractivity contribution < 1.29 is 14.3 Å². The molecule has 0 fully saturated rings. The van der Waals surface area contributed by atoms with Crippen molar-refractivity contribution in [3.8, 4) is 11.8 Å². The summed E-state index contributed by atoms with van der Waals surface area (Å²) in [5, 5.41) is 15.8. The Bertz CT molecular complexity index is 1100. The Hall–Kier alpha value is -3.86. The predicted octanol–water partition coefficient (Wildman–Crippen LogP) is 3.10. The zero-order valence-electron chi connectivity index (χ0n) is 17.7. The first-order valence-electron chi connectivity index (χ1n) is 9.99. The highest BCUT2D eigenvalue weighted by molar-refractivity contribution is 6.01. The molecule has 160 valence electrons. The molecule has 1 aromatic carbocycles. The van der Waals surface area contributed by atoms with Crippen molar-refractivity contribution in [2.45, 2.75) is 32.4 Å². The monoisotopic (exact) mass is 419 g/mol. The van der Waals surface area contributed by atoms with Gasteiger partial charge in [0.2, 0.25) is 5.91 Å². The highest BCUT2D eigenvalue weighted by Gasteiger charge is 2.26. The number of nitrogens with one attached hydrogen (secondary N) is 3. The Kier molecular flexibility index (Phi) is 6.88. The van der Waals surface area contributed by atoms with Gasteiger partial charge >= 0.3 is 0 Å². The normalized spacial score (nSPS) is 12.7. The fourth-order valence-electron chi connectivity index (χ4n) is 3.35. The molecule has 0 spiro atoms. The topological polar surface area (TPSA) is 120 Å². The Morgan fingerprint density at radius 3 is 2.68 bits per heavy atom. The largest absolute Gasteiger partial charge is 0.496 e. The van der Waals surface area contributed by atoms with E-state index in [1.54, 1.807) is 31.5 Å². The van der Waals surface area contributed by atoms with Crippen LogP contribution in [0.25, 0.3) is 10.9 Å². The number of aromatic nitrogens is 2. The van der Waals surface area contributed by atoms with E-state index in [1.807, 2.05) is 32.0 Å². The highest BCUT2D eigenvalue weighted by Crippen LogP contribution is 2.26. The molecule has 3 aromatic rings. The van der Waals surface area contributed by atoms with Crippen LogP contribution >= 0.6 is 0 Å². The van der Waals surface area contributed by atoms with Crippen molar-refractivity contribution in [1.82, 2.24) is 20.6 Å². The summed E-state index contributed by atoms with van der Waals surface area (Å²) in [5.74, 6) is -0.0320. The van der Waals surface area contributed by atoms with Gasteiger partial charge in [0.1, 0.15) is 23.5 Å². The Morgan fingerprint density at radius 2 is 2.03 bits per heavy atom. The number of methoxy groups -OCH3 is 1. The number of nitriles is 1. The maximum absolute atomic E-state index is 12.9. The number of hydrogen-bond acceptors (Lipinski definition) is 5. The smallest absolute Gasteiger partial charge is 0.268 e. The molecule has 0 bridgehead atoms. The predicted molar refractivity (Wildman–Crippen MR) is 116 cm³/mol. The first-order chi connectivity index (χ1) is 14.9. The molecule has 8 nitrogen and oxygen atoms in total. The molecule has 0 aliphatic rings. The van der Waals surface area contributed by atoms with Gasteiger partial charge in [0.25, 0.3) is 5.91 Å². The standard InChI is InChI=1S/C23H25N5O3/c1-14(2)10-18(22(29)28-20(12-24)15-6-5-9-25-13-15)27-23(30)19-11-16-17(26-19)7-4-8-21(16)31-3/h4-9,11,13-14,18,20,26H,10H2,1-3H3,(H,27,30)(H,28,29)/t18-,20+/m0/s1. The van der Waals surface area contributed by atoms with E-state index in [2.05, 4.69) is 26.7 Å². The van der Waals surface area contributed by atoms with Crippen LogP contribution in [0.4, 0.5) is 0 Å². The molecule has 31 heavy (non-hydrogen) atoms. The summed E-state index contributed by atoms with van der Waals surface area (Å²) < 4.78 is 5.34. The lowest BCUT2D eigenvalue weighted by molar-refractivity contribution is -0.123. The van der Waals surface area contributed by atoms with E-state index in [9.17, 15) is 14.9 Å². The van der Waals surface area contributed by atoms with E-state index in [-0.39, 0.29) is 5.92 Å². The number of amides is 2. The van der Waals surface area contributed by atoms with Crippen molar-refractivity contribution in [3.05, 3.63) is 60.0 Å². The average molecular weight is 419 g/mol. The van der Waals surface area contributed by atoms with Crippen LogP contribution in [0.1, 0.15) is 42.4 Å². The number of hydrogen-bond donors (Lipinski definition) is 3. The third kappa shape index (κ3) is 5.20. The van der Waals surface area contributed by atoms with E-state index in [0.717, 1.165) is 10.9 Å². The van der Waals surface area contributed by atoms with Gasteiger partial charge in [-0.15, -0.1) is 0 Å². The van der Waals surface area contributed by atoms with Crippen molar-refractivity contribution >= 4 is 22.7 Å². The van der Waals surface area contributed by atoms with Gasteiger partial charge in [0.15, 0.2) is 0 Å². The van der Waals surface area contributed by atoms with Gasteiger partial charge in [0, 0.05) is 28.9 Å². The summed E-state index contributed by atoms with van der Waals surface area (Å²) >= 11 is 0. The number of aromatic amines is 1. The van der Waals surface area contributed by atoms with Gasteiger partial charge in [-0.3, -0.25) is 14.6 Å². The first kappa shape index (κ1) is 21.8. The molecular weight excluding hydrogens is 394 g/mol. The van der Waals surface area contributed by atoms with Crippen LogP contribution in [-0.2, 0) is 4.79 Å². The summed E-state index contributed by atoms with van der Waals surface area (Å²) in [6.07, 6.45) is 3.55. The number of fused-ring (bicyclic) bond motifs is 1. The maximum Gasteiger partial charge on any atom is 0.268 e. The molecule has 3 rings (SSSR count). The van der Waals surface area contributed by atoms with Crippen molar-refractivity contribution in [2.75, 3.05) is 7.11 Å². The summed E-state index contributed by atoms with van der Waals surface area (Å²) in [5.41, 5.74) is 1.66. The lowest BCUT2D eigenvalue weighted by Crippen LogP contribution is -2.48. The van der Waals surface area contributed by atoms with Gasteiger partial charge in [-0.05, 0) is 36.6 Å². The molecule has 0 radical (unpaired) electrons. The molecule has 0 saturated carbocycles. The van der Waals surface area contributed by atoms with E-state index in [1.165, 1.54) is 6.20 Å². The van der Waals surface area contributed by atoms with Crippen LogP contribution in [0.15, 0.2) is 48.8 Å². The van der Waals surface area contributed by atoms with Crippen molar-refractivity contribution in [1.29, 1.82) is 5.26 Å². The van der Waals surface area contributed by atoms with Crippen LogP contribution in [0.2, 0.25) is 0 Å². The summed E-state index contributed by atoms with van der Waals surface area (Å²) in [6, 6.07) is 11.0. The fraction of sp³-hybridized carbons (Fsp3) is 0.304. The minimum atomic E-state index is -0.856. The summed E-state index contributed by atoms with van der Waals surface area (Å²) in [7, 11) is 1.57. The number of carbonyl (C=O) groups excluding carboxylic acids is 2. The van der Waals surface area contributed by atoms with E-state index < -0.39 is 23.9 Å². The second kappa shape index (κ2) is 9.76. The molecule has 2 heterocycles. The van der Waals surface area contributed by atoms with Crippen LogP contribution in [0.5, 0.6) is 5.75 Å². The molecule has 2 aromatic heterocycles. The zero-order chi connectivity index (χ0) is 22.4. The zero-order valence-corrected chi connectivity index (χ0v) is 17.7. The molecule has 0 saturated heterocycles. The number of pyridine rings is 1. The number of nitrogens with zero attached hydrogens (tertiary/aromatic N) is 2. The molecule has 0 unspecified atom stereocenters. The first-order valence-corrected chi connectivity index (χ1v) is 9.99. The summed E-state index contributed by atoms with van der Waals surface area (Å²) in [6.45, 7) is 3.92. The van der Waals surface area contributed by atoms with E-state index in [4.69, 9.17) is 4.74 Å². The number of ether oxygens (including phenoxy) is 1. The molecule has 2 amide bonds. The van der Waals surface area contributed by atoms with Crippen LogP contribution in [0.3, 0.4) is 0 Å². The van der Waals surface area contributed by atoms with Crippen molar-refractivity contribution in [2.24, 2.45) is 5.92 Å². The minimum Gasteiger partial charge on any atom is -0.496 e. The number of carbonyl (C=O) groups is 2. The fourth-order valence-corrected chi connectivity index (χ4v) is 3.35.